The highest BCUT2D eigenvalue weighted by Crippen LogP contribution is 2.59. The monoisotopic (exact) mass is 335 g/mol. The van der Waals surface area contributed by atoms with E-state index in [9.17, 15) is 8.42 Å². The highest BCUT2D eigenvalue weighted by atomic mass is 32.2. The van der Waals surface area contributed by atoms with Gasteiger partial charge in [0.15, 0.2) is 5.69 Å². The minimum Gasteiger partial charge on any atom is -0.378 e. The predicted octanol–water partition coefficient (Wildman–Crippen LogP) is 1.92. The smallest absolute Gasteiger partial charge is 0.245 e. The van der Waals surface area contributed by atoms with Crippen LogP contribution in [0.25, 0.3) is 0 Å². The van der Waals surface area contributed by atoms with Crippen LogP contribution in [0.4, 0.5) is 0 Å². The van der Waals surface area contributed by atoms with E-state index in [0.29, 0.717) is 13.0 Å². The van der Waals surface area contributed by atoms with Gasteiger partial charge in [-0.3, -0.25) is 0 Å². The maximum atomic E-state index is 12.9. The molecule has 2 fully saturated rings. The Morgan fingerprint density at radius 1 is 1.52 bits per heavy atom. The Balaban J connectivity index is 1.89. The van der Waals surface area contributed by atoms with Gasteiger partial charge in [0, 0.05) is 31.3 Å². The normalized spacial score (nSPS) is 25.7. The minimum absolute atomic E-state index is 0.0145. The van der Waals surface area contributed by atoms with E-state index in [4.69, 9.17) is 10.00 Å². The van der Waals surface area contributed by atoms with Crippen molar-refractivity contribution in [3.63, 3.8) is 0 Å². The number of hydrogen-bond donors (Lipinski definition) is 0. The van der Waals surface area contributed by atoms with Gasteiger partial charge in [0.05, 0.1) is 6.10 Å². The van der Waals surface area contributed by atoms with Gasteiger partial charge >= 0.3 is 0 Å². The summed E-state index contributed by atoms with van der Waals surface area (Å²) in [6.45, 7) is 2.62. The molecule has 0 radical (unpaired) electrons. The molecule has 0 aromatic carbocycles. The largest absolute Gasteiger partial charge is 0.378 e. The van der Waals surface area contributed by atoms with E-state index in [0.717, 1.165) is 19.3 Å². The first-order valence-corrected chi connectivity index (χ1v) is 9.36. The number of nitrogens with zero attached hydrogens (tertiary/aromatic N) is 3. The zero-order valence-electron chi connectivity index (χ0n) is 13.4. The topological polar surface area (TPSA) is 83.3 Å². The average molecular weight is 335 g/mol. The SMILES string of the molecule is CCO[C@@H]1C[C@H](N(C)S(=O)(=O)c2cccnc2C#N)C12CCC2. The molecule has 1 heterocycles. The maximum Gasteiger partial charge on any atom is 0.245 e. The lowest BCUT2D eigenvalue weighted by Crippen LogP contribution is -2.67. The van der Waals surface area contributed by atoms with Crippen molar-refractivity contribution in [3.05, 3.63) is 24.0 Å². The summed E-state index contributed by atoms with van der Waals surface area (Å²) in [5.41, 5.74) is -0.102. The molecule has 7 heteroatoms. The van der Waals surface area contributed by atoms with Gasteiger partial charge < -0.3 is 4.74 Å². The summed E-state index contributed by atoms with van der Waals surface area (Å²) in [5, 5.41) is 9.13. The van der Waals surface area contributed by atoms with Crippen molar-refractivity contribution in [2.75, 3.05) is 13.7 Å². The summed E-state index contributed by atoms with van der Waals surface area (Å²) >= 11 is 0. The van der Waals surface area contributed by atoms with Gasteiger partial charge in [0.2, 0.25) is 10.0 Å². The quantitative estimate of drug-likeness (QED) is 0.821. The lowest BCUT2D eigenvalue weighted by atomic mass is 9.51. The summed E-state index contributed by atoms with van der Waals surface area (Å²) in [7, 11) is -2.13. The Morgan fingerprint density at radius 3 is 2.83 bits per heavy atom. The summed E-state index contributed by atoms with van der Waals surface area (Å²) in [6.07, 6.45) is 5.41. The summed E-state index contributed by atoms with van der Waals surface area (Å²) < 4.78 is 33.1. The zero-order valence-corrected chi connectivity index (χ0v) is 14.2. The third-order valence-corrected chi connectivity index (χ3v) is 7.27. The summed E-state index contributed by atoms with van der Waals surface area (Å²) in [4.78, 5) is 3.86. The second kappa shape index (κ2) is 5.86. The molecule has 6 nitrogen and oxygen atoms in total. The van der Waals surface area contributed by atoms with Crippen LogP contribution in [0.1, 0.15) is 38.3 Å². The Labute approximate surface area is 137 Å². The fraction of sp³-hybridized carbons (Fsp3) is 0.625. The van der Waals surface area contributed by atoms with Crippen LogP contribution < -0.4 is 0 Å². The van der Waals surface area contributed by atoms with Crippen molar-refractivity contribution < 1.29 is 13.2 Å². The van der Waals surface area contributed by atoms with E-state index in [-0.39, 0.29) is 28.2 Å². The number of sulfonamides is 1. The molecule has 0 saturated heterocycles. The zero-order chi connectivity index (χ0) is 16.7. The molecule has 1 spiro atoms. The fourth-order valence-corrected chi connectivity index (χ4v) is 5.45. The highest BCUT2D eigenvalue weighted by Gasteiger charge is 2.61. The molecule has 3 rings (SSSR count). The fourth-order valence-electron chi connectivity index (χ4n) is 3.92. The van der Waals surface area contributed by atoms with Crippen molar-refractivity contribution >= 4 is 10.0 Å². The molecule has 2 aliphatic rings. The maximum absolute atomic E-state index is 12.9. The predicted molar refractivity (Wildman–Crippen MR) is 84.0 cm³/mol. The van der Waals surface area contributed by atoms with Gasteiger partial charge in [-0.1, -0.05) is 6.42 Å². The first-order chi connectivity index (χ1) is 11.0. The molecule has 124 valence electrons. The third-order valence-electron chi connectivity index (χ3n) is 5.37. The van der Waals surface area contributed by atoms with Crippen molar-refractivity contribution in [3.8, 4) is 6.07 Å². The number of aromatic nitrogens is 1. The molecule has 2 saturated carbocycles. The number of nitriles is 1. The Kier molecular flexibility index (Phi) is 4.17. The average Bonchev–Trinajstić information content (AvgIpc) is 2.48. The van der Waals surface area contributed by atoms with E-state index in [1.807, 2.05) is 13.0 Å². The van der Waals surface area contributed by atoms with Gasteiger partial charge in [0.1, 0.15) is 11.0 Å². The van der Waals surface area contributed by atoms with E-state index < -0.39 is 10.0 Å². The first-order valence-electron chi connectivity index (χ1n) is 7.92. The van der Waals surface area contributed by atoms with Crippen LogP contribution in [0.5, 0.6) is 0 Å². The number of hydrogen-bond acceptors (Lipinski definition) is 5. The lowest BCUT2D eigenvalue weighted by molar-refractivity contribution is -0.187. The van der Waals surface area contributed by atoms with Crippen molar-refractivity contribution in [1.82, 2.24) is 9.29 Å². The minimum atomic E-state index is -3.73. The van der Waals surface area contributed by atoms with E-state index >= 15 is 0 Å². The van der Waals surface area contributed by atoms with Gasteiger partial charge in [0.25, 0.3) is 0 Å². The van der Waals surface area contributed by atoms with Crippen LogP contribution in [0.3, 0.4) is 0 Å². The van der Waals surface area contributed by atoms with Crippen LogP contribution in [-0.2, 0) is 14.8 Å². The second-order valence-electron chi connectivity index (χ2n) is 6.27. The van der Waals surface area contributed by atoms with Gasteiger partial charge in [-0.15, -0.1) is 0 Å². The van der Waals surface area contributed by atoms with E-state index in [1.54, 1.807) is 13.1 Å². The van der Waals surface area contributed by atoms with E-state index in [2.05, 4.69) is 4.98 Å². The molecule has 0 unspecified atom stereocenters. The number of pyridine rings is 1. The van der Waals surface area contributed by atoms with Crippen LogP contribution in [-0.4, -0.2) is 43.5 Å². The van der Waals surface area contributed by atoms with E-state index in [1.165, 1.54) is 16.6 Å². The molecular weight excluding hydrogens is 314 g/mol. The molecule has 1 aromatic rings. The molecule has 0 amide bonds. The molecule has 1 aromatic heterocycles. The Hall–Kier alpha value is -1.49. The summed E-state index contributed by atoms with van der Waals surface area (Å²) in [5.74, 6) is 0. The molecule has 2 atom stereocenters. The molecule has 23 heavy (non-hydrogen) atoms. The Bertz CT molecular complexity index is 737. The number of rotatable bonds is 5. The van der Waals surface area contributed by atoms with Crippen molar-refractivity contribution in [2.24, 2.45) is 5.41 Å². The first kappa shape index (κ1) is 16.4. The number of ether oxygens (including phenoxy) is 1. The van der Waals surface area contributed by atoms with Crippen LogP contribution in [0.2, 0.25) is 0 Å². The Morgan fingerprint density at radius 2 is 2.26 bits per heavy atom. The van der Waals surface area contributed by atoms with Gasteiger partial charge in [-0.2, -0.15) is 9.57 Å². The van der Waals surface area contributed by atoms with Crippen LogP contribution in [0, 0.1) is 16.7 Å². The van der Waals surface area contributed by atoms with Gasteiger partial charge in [-0.05, 0) is 38.3 Å². The van der Waals surface area contributed by atoms with Crippen molar-refractivity contribution in [2.45, 2.75) is 49.6 Å². The highest BCUT2D eigenvalue weighted by molar-refractivity contribution is 7.89. The standard InChI is InChI=1S/C16H21N3O3S/c1-3-22-15-10-14(16(15)7-5-8-16)19(2)23(20,21)13-6-4-9-18-12(13)11-17/h4,6,9,14-15H,3,5,7-8,10H2,1-2H3/t14-,15+/m0/s1. The van der Waals surface area contributed by atoms with Gasteiger partial charge in [-0.25, -0.2) is 13.4 Å². The summed E-state index contributed by atoms with van der Waals surface area (Å²) in [6, 6.07) is 4.80. The van der Waals surface area contributed by atoms with Crippen LogP contribution in [0.15, 0.2) is 23.2 Å². The molecule has 0 aliphatic heterocycles. The molecular formula is C16H21N3O3S. The lowest BCUT2D eigenvalue weighted by Gasteiger charge is -2.62. The molecule has 0 bridgehead atoms. The van der Waals surface area contributed by atoms with Crippen molar-refractivity contribution in [1.29, 1.82) is 5.26 Å². The second-order valence-corrected chi connectivity index (χ2v) is 8.23. The van der Waals surface area contributed by atoms with Crippen LogP contribution >= 0.6 is 0 Å². The third kappa shape index (κ3) is 2.36. The molecule has 0 N–H and O–H groups in total. The molecule has 2 aliphatic carbocycles.